The molecule has 0 radical (unpaired) electrons. The van der Waals surface area contributed by atoms with Gasteiger partial charge in [0.15, 0.2) is 0 Å². The molecule has 4 rings (SSSR count). The molecule has 0 bridgehead atoms. The van der Waals surface area contributed by atoms with Crippen molar-refractivity contribution in [1.82, 2.24) is 4.90 Å². The Balaban J connectivity index is 1.37. The number of rotatable bonds is 8. The van der Waals surface area contributed by atoms with Gasteiger partial charge in [-0.1, -0.05) is 42.5 Å². The van der Waals surface area contributed by atoms with Crippen molar-refractivity contribution in [3.63, 3.8) is 0 Å². The maximum Gasteiger partial charge on any atom is 0.264 e. The standard InChI is InChI=1S/C27H30N2O4S/c1-28(20-22-9-14-24(33-2)15-10-22)27(30)18-13-21-11-16-25(17-12-21)34(31,32)29-19-5-7-23-6-3-4-8-26(23)29/h3-4,6,8-12,14-17H,5,7,13,18-20H2,1-2H3. The van der Waals surface area contributed by atoms with Crippen molar-refractivity contribution < 1.29 is 17.9 Å². The number of sulfonamides is 1. The average molecular weight is 479 g/mol. The van der Waals surface area contributed by atoms with E-state index in [0.717, 1.165) is 41.0 Å². The van der Waals surface area contributed by atoms with Crippen molar-refractivity contribution in [3.05, 3.63) is 89.5 Å². The van der Waals surface area contributed by atoms with Crippen LogP contribution in [0, 0.1) is 0 Å². The molecule has 1 aliphatic heterocycles. The molecule has 6 nitrogen and oxygen atoms in total. The van der Waals surface area contributed by atoms with E-state index >= 15 is 0 Å². The lowest BCUT2D eigenvalue weighted by Gasteiger charge is -2.30. The molecule has 34 heavy (non-hydrogen) atoms. The third-order valence-corrected chi connectivity index (χ3v) is 8.04. The van der Waals surface area contributed by atoms with Gasteiger partial charge < -0.3 is 9.64 Å². The summed E-state index contributed by atoms with van der Waals surface area (Å²) >= 11 is 0. The second kappa shape index (κ2) is 10.3. The van der Waals surface area contributed by atoms with Crippen molar-refractivity contribution >= 4 is 21.6 Å². The van der Waals surface area contributed by atoms with Crippen LogP contribution in [0.2, 0.25) is 0 Å². The van der Waals surface area contributed by atoms with Gasteiger partial charge in [-0.25, -0.2) is 8.42 Å². The predicted octanol–water partition coefficient (Wildman–Crippen LogP) is 4.43. The summed E-state index contributed by atoms with van der Waals surface area (Å²) in [6.45, 7) is 1.01. The number of carbonyl (C=O) groups is 1. The first-order valence-electron chi connectivity index (χ1n) is 11.4. The molecule has 1 amide bonds. The first-order valence-corrected chi connectivity index (χ1v) is 12.9. The highest BCUT2D eigenvalue weighted by Crippen LogP contribution is 2.31. The maximum absolute atomic E-state index is 13.3. The zero-order chi connectivity index (χ0) is 24.1. The largest absolute Gasteiger partial charge is 0.497 e. The van der Waals surface area contributed by atoms with Crippen LogP contribution in [0.3, 0.4) is 0 Å². The molecule has 0 saturated carbocycles. The summed E-state index contributed by atoms with van der Waals surface area (Å²) in [7, 11) is -0.213. The van der Waals surface area contributed by atoms with Crippen LogP contribution < -0.4 is 9.04 Å². The van der Waals surface area contributed by atoms with Gasteiger partial charge in [-0.15, -0.1) is 0 Å². The fourth-order valence-corrected chi connectivity index (χ4v) is 5.78. The van der Waals surface area contributed by atoms with Gasteiger partial charge in [0, 0.05) is 26.6 Å². The summed E-state index contributed by atoms with van der Waals surface area (Å²) in [5, 5.41) is 0. The molecule has 3 aromatic carbocycles. The number of carbonyl (C=O) groups excluding carboxylic acids is 1. The Morgan fingerprint density at radius 2 is 1.65 bits per heavy atom. The third-order valence-electron chi connectivity index (χ3n) is 6.21. The number of benzene rings is 3. The molecule has 0 unspecified atom stereocenters. The van der Waals surface area contributed by atoms with Gasteiger partial charge in [0.2, 0.25) is 5.91 Å². The predicted molar refractivity (Wildman–Crippen MR) is 134 cm³/mol. The monoisotopic (exact) mass is 478 g/mol. The van der Waals surface area contributed by atoms with Crippen molar-refractivity contribution in [2.24, 2.45) is 0 Å². The van der Waals surface area contributed by atoms with E-state index in [9.17, 15) is 13.2 Å². The topological polar surface area (TPSA) is 66.9 Å². The van der Waals surface area contributed by atoms with E-state index in [-0.39, 0.29) is 10.8 Å². The average Bonchev–Trinajstić information content (AvgIpc) is 2.87. The number of amides is 1. The molecule has 178 valence electrons. The molecule has 0 fully saturated rings. The highest BCUT2D eigenvalue weighted by molar-refractivity contribution is 7.92. The summed E-state index contributed by atoms with van der Waals surface area (Å²) in [5.41, 5.74) is 3.80. The molecular weight excluding hydrogens is 448 g/mol. The SMILES string of the molecule is COc1ccc(CN(C)C(=O)CCc2ccc(S(=O)(=O)N3CCCc4ccccc43)cc2)cc1. The number of anilines is 1. The molecule has 0 aliphatic carbocycles. The Labute approximate surface area is 201 Å². The molecular formula is C27H30N2O4S. The minimum atomic E-state index is -3.63. The van der Waals surface area contributed by atoms with E-state index in [2.05, 4.69) is 0 Å². The van der Waals surface area contributed by atoms with Gasteiger partial charge >= 0.3 is 0 Å². The number of ether oxygens (including phenoxy) is 1. The number of hydrogen-bond acceptors (Lipinski definition) is 4. The summed E-state index contributed by atoms with van der Waals surface area (Å²) in [6, 6.07) is 22.2. The molecule has 0 atom stereocenters. The summed E-state index contributed by atoms with van der Waals surface area (Å²) in [4.78, 5) is 14.6. The van der Waals surface area contributed by atoms with E-state index in [4.69, 9.17) is 4.74 Å². The summed E-state index contributed by atoms with van der Waals surface area (Å²) < 4.78 is 33.3. The first kappa shape index (κ1) is 23.8. The van der Waals surface area contributed by atoms with Gasteiger partial charge in [-0.3, -0.25) is 9.10 Å². The van der Waals surface area contributed by atoms with Crippen LogP contribution in [-0.2, 0) is 34.2 Å². The molecule has 3 aromatic rings. The Hall–Kier alpha value is -3.32. The van der Waals surface area contributed by atoms with E-state index in [1.165, 1.54) is 4.31 Å². The van der Waals surface area contributed by atoms with Crippen molar-refractivity contribution in [1.29, 1.82) is 0 Å². The van der Waals surface area contributed by atoms with Crippen LogP contribution in [0.5, 0.6) is 5.75 Å². The minimum Gasteiger partial charge on any atom is -0.497 e. The molecule has 0 spiro atoms. The quantitative estimate of drug-likeness (QED) is 0.481. The van der Waals surface area contributed by atoms with E-state index in [1.807, 2.05) is 48.5 Å². The van der Waals surface area contributed by atoms with Crippen LogP contribution in [0.25, 0.3) is 0 Å². The molecule has 1 aliphatic rings. The second-order valence-corrected chi connectivity index (χ2v) is 10.4. The zero-order valence-electron chi connectivity index (χ0n) is 19.6. The van der Waals surface area contributed by atoms with Gasteiger partial charge in [0.05, 0.1) is 17.7 Å². The van der Waals surface area contributed by atoms with Crippen molar-refractivity contribution in [2.75, 3.05) is 25.0 Å². The maximum atomic E-state index is 13.3. The molecule has 0 aromatic heterocycles. The fraction of sp³-hybridized carbons (Fsp3) is 0.296. The highest BCUT2D eigenvalue weighted by Gasteiger charge is 2.28. The van der Waals surface area contributed by atoms with Crippen molar-refractivity contribution in [2.45, 2.75) is 37.1 Å². The second-order valence-electron chi connectivity index (χ2n) is 8.55. The zero-order valence-corrected chi connectivity index (χ0v) is 20.4. The number of aryl methyl sites for hydroxylation is 2. The Kier molecular flexibility index (Phi) is 7.22. The van der Waals surface area contributed by atoms with Gasteiger partial charge in [0.1, 0.15) is 5.75 Å². The van der Waals surface area contributed by atoms with Gasteiger partial charge in [0.25, 0.3) is 10.0 Å². The number of hydrogen-bond donors (Lipinski definition) is 0. The molecule has 0 N–H and O–H groups in total. The number of para-hydroxylation sites is 1. The van der Waals surface area contributed by atoms with Crippen LogP contribution in [0.4, 0.5) is 5.69 Å². The molecule has 7 heteroatoms. The number of nitrogens with zero attached hydrogens (tertiary/aromatic N) is 2. The number of fused-ring (bicyclic) bond motifs is 1. The first-order chi connectivity index (χ1) is 16.4. The highest BCUT2D eigenvalue weighted by atomic mass is 32.2. The summed E-state index contributed by atoms with van der Waals surface area (Å²) in [6.07, 6.45) is 2.61. The van der Waals surface area contributed by atoms with Gasteiger partial charge in [-0.2, -0.15) is 0 Å². The lowest BCUT2D eigenvalue weighted by molar-refractivity contribution is -0.130. The Morgan fingerprint density at radius 1 is 0.971 bits per heavy atom. The smallest absolute Gasteiger partial charge is 0.264 e. The van der Waals surface area contributed by atoms with Crippen LogP contribution in [0.15, 0.2) is 77.7 Å². The Bertz CT molecular complexity index is 1240. The van der Waals surface area contributed by atoms with E-state index in [0.29, 0.717) is 25.9 Å². The minimum absolute atomic E-state index is 0.0393. The van der Waals surface area contributed by atoms with Crippen LogP contribution in [-0.4, -0.2) is 39.9 Å². The molecule has 0 saturated heterocycles. The van der Waals surface area contributed by atoms with E-state index in [1.54, 1.807) is 43.3 Å². The van der Waals surface area contributed by atoms with E-state index < -0.39 is 10.0 Å². The third kappa shape index (κ3) is 5.25. The number of methoxy groups -OCH3 is 1. The normalized spacial score (nSPS) is 13.3. The lowest BCUT2D eigenvalue weighted by atomic mass is 10.0. The Morgan fingerprint density at radius 3 is 2.35 bits per heavy atom. The molecule has 1 heterocycles. The summed E-state index contributed by atoms with van der Waals surface area (Å²) in [5.74, 6) is 0.824. The fourth-order valence-electron chi connectivity index (χ4n) is 4.24. The van der Waals surface area contributed by atoms with Crippen molar-refractivity contribution in [3.8, 4) is 5.75 Å². The van der Waals surface area contributed by atoms with Crippen LogP contribution in [0.1, 0.15) is 29.5 Å². The van der Waals surface area contributed by atoms with Crippen LogP contribution >= 0.6 is 0 Å². The van der Waals surface area contributed by atoms with Gasteiger partial charge in [-0.05, 0) is 66.3 Å². The lowest BCUT2D eigenvalue weighted by Crippen LogP contribution is -2.35.